The van der Waals surface area contributed by atoms with Crippen LogP contribution in [0.5, 0.6) is 0 Å². The van der Waals surface area contributed by atoms with Gasteiger partial charge in [-0.05, 0) is 31.6 Å². The SMILES string of the molecule is NCC1(N2CCCSCC2)CCOCC1. The molecule has 0 spiro atoms. The van der Waals surface area contributed by atoms with Gasteiger partial charge in [0.1, 0.15) is 0 Å². The second kappa shape index (κ2) is 5.53. The molecular formula is C11H22N2OS. The summed E-state index contributed by atoms with van der Waals surface area (Å²) in [6.07, 6.45) is 3.55. The number of hydrogen-bond acceptors (Lipinski definition) is 4. The smallest absolute Gasteiger partial charge is 0.0484 e. The number of nitrogens with two attached hydrogens (primary N) is 1. The van der Waals surface area contributed by atoms with Gasteiger partial charge in [0.05, 0.1) is 0 Å². The van der Waals surface area contributed by atoms with E-state index in [2.05, 4.69) is 16.7 Å². The highest BCUT2D eigenvalue weighted by Gasteiger charge is 2.37. The molecule has 3 nitrogen and oxygen atoms in total. The zero-order valence-corrected chi connectivity index (χ0v) is 10.2. The maximum atomic E-state index is 6.02. The van der Waals surface area contributed by atoms with Gasteiger partial charge in [0.2, 0.25) is 0 Å². The van der Waals surface area contributed by atoms with Gasteiger partial charge in [-0.25, -0.2) is 0 Å². The summed E-state index contributed by atoms with van der Waals surface area (Å²) in [5.41, 5.74) is 6.27. The lowest BCUT2D eigenvalue weighted by molar-refractivity contribution is -0.0210. The molecule has 0 amide bonds. The fourth-order valence-corrected chi connectivity index (χ4v) is 3.51. The largest absolute Gasteiger partial charge is 0.381 e. The predicted molar refractivity (Wildman–Crippen MR) is 65.4 cm³/mol. The molecule has 2 aliphatic rings. The summed E-state index contributed by atoms with van der Waals surface area (Å²) in [7, 11) is 0. The second-order valence-electron chi connectivity index (χ2n) is 4.49. The molecule has 15 heavy (non-hydrogen) atoms. The van der Waals surface area contributed by atoms with E-state index >= 15 is 0 Å². The standard InChI is InChI=1S/C11H22N2OS/c12-10-11(2-6-14-7-3-11)13-4-1-8-15-9-5-13/h1-10,12H2. The molecule has 88 valence electrons. The van der Waals surface area contributed by atoms with Gasteiger partial charge in [0.25, 0.3) is 0 Å². The first-order valence-corrected chi connectivity index (χ1v) is 7.13. The van der Waals surface area contributed by atoms with E-state index in [4.69, 9.17) is 10.5 Å². The number of nitrogens with zero attached hydrogens (tertiary/aromatic N) is 1. The summed E-state index contributed by atoms with van der Waals surface area (Å²) in [6, 6.07) is 0. The molecule has 0 unspecified atom stereocenters. The minimum absolute atomic E-state index is 0.253. The normalized spacial score (nSPS) is 28.6. The molecule has 4 heteroatoms. The van der Waals surface area contributed by atoms with Crippen molar-refractivity contribution >= 4 is 11.8 Å². The Hall–Kier alpha value is 0.230. The third-order valence-electron chi connectivity index (χ3n) is 3.70. The quantitative estimate of drug-likeness (QED) is 0.766. The molecule has 2 rings (SSSR count). The fraction of sp³-hybridized carbons (Fsp3) is 1.00. The minimum Gasteiger partial charge on any atom is -0.381 e. The molecule has 2 fully saturated rings. The van der Waals surface area contributed by atoms with Gasteiger partial charge < -0.3 is 10.5 Å². The molecule has 2 N–H and O–H groups in total. The molecule has 0 aliphatic carbocycles. The van der Waals surface area contributed by atoms with Crippen molar-refractivity contribution in [3.63, 3.8) is 0 Å². The van der Waals surface area contributed by atoms with E-state index in [1.807, 2.05) is 0 Å². The highest BCUT2D eigenvalue weighted by atomic mass is 32.2. The van der Waals surface area contributed by atoms with Crippen molar-refractivity contribution in [2.24, 2.45) is 5.73 Å². The van der Waals surface area contributed by atoms with Crippen LogP contribution in [0.1, 0.15) is 19.3 Å². The molecule has 0 aromatic carbocycles. The third kappa shape index (κ3) is 2.67. The highest BCUT2D eigenvalue weighted by molar-refractivity contribution is 7.99. The van der Waals surface area contributed by atoms with E-state index in [0.29, 0.717) is 0 Å². The van der Waals surface area contributed by atoms with E-state index in [1.165, 1.54) is 31.0 Å². The lowest BCUT2D eigenvalue weighted by Crippen LogP contribution is -2.57. The molecule has 0 saturated carbocycles. The van der Waals surface area contributed by atoms with Crippen molar-refractivity contribution in [3.05, 3.63) is 0 Å². The molecule has 0 bridgehead atoms. The van der Waals surface area contributed by atoms with Crippen LogP contribution >= 0.6 is 11.8 Å². The van der Waals surface area contributed by atoms with E-state index in [-0.39, 0.29) is 5.54 Å². The van der Waals surface area contributed by atoms with E-state index in [9.17, 15) is 0 Å². The molecule has 2 heterocycles. The van der Waals surface area contributed by atoms with Crippen molar-refractivity contribution in [2.75, 3.05) is 44.4 Å². The molecule has 0 radical (unpaired) electrons. The van der Waals surface area contributed by atoms with Crippen molar-refractivity contribution in [1.82, 2.24) is 4.90 Å². The van der Waals surface area contributed by atoms with Crippen LogP contribution in [0.2, 0.25) is 0 Å². The van der Waals surface area contributed by atoms with Crippen molar-refractivity contribution in [2.45, 2.75) is 24.8 Å². The molecular weight excluding hydrogens is 208 g/mol. The Balaban J connectivity index is 2.01. The Bertz CT molecular complexity index is 187. The van der Waals surface area contributed by atoms with Gasteiger partial charge in [0, 0.05) is 37.6 Å². The summed E-state index contributed by atoms with van der Waals surface area (Å²) >= 11 is 2.08. The van der Waals surface area contributed by atoms with Crippen LogP contribution in [0.25, 0.3) is 0 Å². The lowest BCUT2D eigenvalue weighted by atomic mass is 9.88. The monoisotopic (exact) mass is 230 g/mol. The average Bonchev–Trinajstić information content (AvgIpc) is 2.59. The van der Waals surface area contributed by atoms with Crippen LogP contribution in [-0.4, -0.2) is 54.8 Å². The van der Waals surface area contributed by atoms with Gasteiger partial charge in [0.15, 0.2) is 0 Å². The zero-order valence-electron chi connectivity index (χ0n) is 9.41. The summed E-state index contributed by atoms with van der Waals surface area (Å²) < 4.78 is 5.46. The van der Waals surface area contributed by atoms with Gasteiger partial charge >= 0.3 is 0 Å². The summed E-state index contributed by atoms with van der Waals surface area (Å²) in [6.45, 7) is 5.01. The molecule has 2 aliphatic heterocycles. The summed E-state index contributed by atoms with van der Waals surface area (Å²) in [4.78, 5) is 2.63. The first-order chi connectivity index (χ1) is 7.37. The number of rotatable bonds is 2. The Labute approximate surface area is 96.7 Å². The molecule has 2 saturated heterocycles. The molecule has 0 aromatic heterocycles. The minimum atomic E-state index is 0.253. The van der Waals surface area contributed by atoms with Crippen LogP contribution in [-0.2, 0) is 4.74 Å². The maximum Gasteiger partial charge on any atom is 0.0484 e. The van der Waals surface area contributed by atoms with E-state index in [1.54, 1.807) is 0 Å². The summed E-state index contributed by atoms with van der Waals surface area (Å²) in [5.74, 6) is 2.58. The Morgan fingerprint density at radius 2 is 2.00 bits per heavy atom. The summed E-state index contributed by atoms with van der Waals surface area (Å²) in [5, 5.41) is 0. The first-order valence-electron chi connectivity index (χ1n) is 5.98. The average molecular weight is 230 g/mol. The lowest BCUT2D eigenvalue weighted by Gasteiger charge is -2.45. The second-order valence-corrected chi connectivity index (χ2v) is 5.72. The fourth-order valence-electron chi connectivity index (χ4n) is 2.62. The molecule has 0 aromatic rings. The number of ether oxygens (including phenoxy) is 1. The van der Waals surface area contributed by atoms with Crippen molar-refractivity contribution in [1.29, 1.82) is 0 Å². The Morgan fingerprint density at radius 3 is 2.73 bits per heavy atom. The van der Waals surface area contributed by atoms with Crippen LogP contribution in [0.15, 0.2) is 0 Å². The Kier molecular flexibility index (Phi) is 4.31. The third-order valence-corrected chi connectivity index (χ3v) is 4.75. The highest BCUT2D eigenvalue weighted by Crippen LogP contribution is 2.28. The van der Waals surface area contributed by atoms with Crippen molar-refractivity contribution in [3.8, 4) is 0 Å². The number of thioether (sulfide) groups is 1. The van der Waals surface area contributed by atoms with Gasteiger partial charge in [-0.15, -0.1) is 0 Å². The van der Waals surface area contributed by atoms with Crippen LogP contribution < -0.4 is 5.73 Å². The van der Waals surface area contributed by atoms with E-state index in [0.717, 1.165) is 32.6 Å². The number of hydrogen-bond donors (Lipinski definition) is 1. The van der Waals surface area contributed by atoms with Crippen LogP contribution in [0, 0.1) is 0 Å². The van der Waals surface area contributed by atoms with Crippen molar-refractivity contribution < 1.29 is 4.74 Å². The Morgan fingerprint density at radius 1 is 1.20 bits per heavy atom. The topological polar surface area (TPSA) is 38.5 Å². The first kappa shape index (κ1) is 11.7. The maximum absolute atomic E-state index is 6.02. The van der Waals surface area contributed by atoms with Gasteiger partial charge in [-0.2, -0.15) is 11.8 Å². The van der Waals surface area contributed by atoms with E-state index < -0.39 is 0 Å². The molecule has 0 atom stereocenters. The van der Waals surface area contributed by atoms with Gasteiger partial charge in [-0.3, -0.25) is 4.90 Å². The van der Waals surface area contributed by atoms with Crippen LogP contribution in [0.3, 0.4) is 0 Å². The van der Waals surface area contributed by atoms with Gasteiger partial charge in [-0.1, -0.05) is 0 Å². The zero-order chi connectivity index (χ0) is 10.6. The van der Waals surface area contributed by atoms with Crippen LogP contribution in [0.4, 0.5) is 0 Å². The predicted octanol–water partition coefficient (Wildman–Crippen LogP) is 0.933.